The third-order valence-corrected chi connectivity index (χ3v) is 11.4. The first-order valence-corrected chi connectivity index (χ1v) is 18.3. The van der Waals surface area contributed by atoms with Gasteiger partial charge in [0.1, 0.15) is 22.3 Å². The summed E-state index contributed by atoms with van der Waals surface area (Å²) >= 11 is 1.84. The molecule has 0 atom stereocenters. The maximum atomic E-state index is 6.23. The van der Waals surface area contributed by atoms with E-state index in [4.69, 9.17) is 8.83 Å². The van der Waals surface area contributed by atoms with Crippen LogP contribution < -0.4 is 4.90 Å². The molecule has 4 heteroatoms. The maximum absolute atomic E-state index is 6.23. The number of rotatable bonds is 5. The number of furan rings is 2. The van der Waals surface area contributed by atoms with E-state index in [-0.39, 0.29) is 0 Å². The van der Waals surface area contributed by atoms with Crippen LogP contribution in [0.15, 0.2) is 185 Å². The minimum atomic E-state index is 0.903. The van der Waals surface area contributed by atoms with Crippen molar-refractivity contribution in [3.63, 3.8) is 0 Å². The third kappa shape index (κ3) is 4.51. The first-order valence-electron chi connectivity index (χ1n) is 17.5. The zero-order chi connectivity index (χ0) is 34.2. The molecule has 3 nitrogen and oxygen atoms in total. The molecule has 0 fully saturated rings. The standard InChI is InChI=1S/C48H29NO2S/c1-4-14-41-36(9-1)39-29-32(23-28-43(39)50-41)30-19-24-33(25-20-30)49(40-13-8-18-46-48(40)38-11-3-6-17-45(38)52-46)34-26-21-31(22-27-34)35-12-7-16-44-47(35)37-10-2-5-15-42(37)51-44/h1-29H. The van der Waals surface area contributed by atoms with E-state index < -0.39 is 0 Å². The Kier molecular flexibility index (Phi) is 6.42. The summed E-state index contributed by atoms with van der Waals surface area (Å²) in [6.45, 7) is 0. The average molecular weight is 684 g/mol. The van der Waals surface area contributed by atoms with E-state index in [1.807, 2.05) is 35.6 Å². The predicted octanol–water partition coefficient (Wildman–Crippen LogP) is 14.7. The van der Waals surface area contributed by atoms with Crippen LogP contribution in [-0.4, -0.2) is 0 Å². The lowest BCUT2D eigenvalue weighted by atomic mass is 9.98. The zero-order valence-electron chi connectivity index (χ0n) is 27.9. The van der Waals surface area contributed by atoms with Crippen molar-refractivity contribution < 1.29 is 8.83 Å². The Labute approximate surface area is 303 Å². The first kappa shape index (κ1) is 29.1. The molecule has 0 aliphatic heterocycles. The minimum absolute atomic E-state index is 0.903. The van der Waals surface area contributed by atoms with Crippen molar-refractivity contribution in [3.05, 3.63) is 176 Å². The lowest BCUT2D eigenvalue weighted by Crippen LogP contribution is -2.10. The lowest BCUT2D eigenvalue weighted by Gasteiger charge is -2.27. The first-order chi connectivity index (χ1) is 25.8. The summed E-state index contributed by atoms with van der Waals surface area (Å²) in [6, 6.07) is 62.7. The summed E-state index contributed by atoms with van der Waals surface area (Å²) in [5.41, 5.74) is 11.6. The molecule has 0 amide bonds. The molecule has 52 heavy (non-hydrogen) atoms. The quantitative estimate of drug-likeness (QED) is 0.181. The predicted molar refractivity (Wildman–Crippen MR) is 219 cm³/mol. The number of nitrogens with zero attached hydrogens (tertiary/aromatic N) is 1. The Morgan fingerprint density at radius 2 is 0.942 bits per heavy atom. The smallest absolute Gasteiger partial charge is 0.136 e. The van der Waals surface area contributed by atoms with E-state index in [2.05, 4.69) is 157 Å². The van der Waals surface area contributed by atoms with Crippen molar-refractivity contribution in [1.82, 2.24) is 0 Å². The Morgan fingerprint density at radius 3 is 1.75 bits per heavy atom. The van der Waals surface area contributed by atoms with Gasteiger partial charge in [0.15, 0.2) is 0 Å². The van der Waals surface area contributed by atoms with E-state index >= 15 is 0 Å². The van der Waals surface area contributed by atoms with Crippen LogP contribution in [0.4, 0.5) is 17.1 Å². The van der Waals surface area contributed by atoms with Crippen molar-refractivity contribution in [2.75, 3.05) is 4.90 Å². The summed E-state index contributed by atoms with van der Waals surface area (Å²) < 4.78 is 14.9. The number of benzene rings is 8. The molecule has 0 bridgehead atoms. The number of anilines is 3. The molecule has 11 rings (SSSR count). The van der Waals surface area contributed by atoms with Gasteiger partial charge in [0.2, 0.25) is 0 Å². The SMILES string of the molecule is c1ccc2c(c1)oc1ccc(-c3ccc(N(c4ccc(-c5cccc6oc7ccccc7c56)cc4)c4cccc5sc6ccccc6c45)cc3)cc12. The van der Waals surface area contributed by atoms with Gasteiger partial charge in [0, 0.05) is 53.1 Å². The molecule has 244 valence electrons. The van der Waals surface area contributed by atoms with Crippen molar-refractivity contribution in [1.29, 1.82) is 0 Å². The largest absolute Gasteiger partial charge is 0.456 e. The van der Waals surface area contributed by atoms with Gasteiger partial charge in [0.25, 0.3) is 0 Å². The molecular weight excluding hydrogens is 655 g/mol. The molecule has 0 N–H and O–H groups in total. The highest BCUT2D eigenvalue weighted by atomic mass is 32.1. The van der Waals surface area contributed by atoms with Crippen molar-refractivity contribution >= 4 is 92.4 Å². The van der Waals surface area contributed by atoms with Crippen LogP contribution in [0.2, 0.25) is 0 Å². The second-order valence-corrected chi connectivity index (χ2v) is 14.3. The van der Waals surface area contributed by atoms with Crippen molar-refractivity contribution in [3.8, 4) is 22.3 Å². The number of para-hydroxylation sites is 2. The van der Waals surface area contributed by atoms with E-state index in [0.717, 1.165) is 77.6 Å². The van der Waals surface area contributed by atoms with Gasteiger partial charge in [-0.2, -0.15) is 0 Å². The Balaban J connectivity index is 1.05. The Morgan fingerprint density at radius 1 is 0.365 bits per heavy atom. The molecule has 8 aromatic carbocycles. The number of thiophene rings is 1. The minimum Gasteiger partial charge on any atom is -0.456 e. The van der Waals surface area contributed by atoms with Gasteiger partial charge in [-0.3, -0.25) is 0 Å². The second-order valence-electron chi connectivity index (χ2n) is 13.3. The highest BCUT2D eigenvalue weighted by Crippen LogP contribution is 2.46. The normalized spacial score (nSPS) is 11.8. The van der Waals surface area contributed by atoms with Gasteiger partial charge in [-0.25, -0.2) is 0 Å². The number of hydrogen-bond acceptors (Lipinski definition) is 4. The van der Waals surface area contributed by atoms with E-state index in [1.54, 1.807) is 0 Å². The molecule has 3 heterocycles. The summed E-state index contributed by atoms with van der Waals surface area (Å²) in [5.74, 6) is 0. The monoisotopic (exact) mass is 683 g/mol. The topological polar surface area (TPSA) is 29.5 Å². The summed E-state index contributed by atoms with van der Waals surface area (Å²) in [4.78, 5) is 2.40. The highest BCUT2D eigenvalue weighted by molar-refractivity contribution is 7.26. The molecule has 0 radical (unpaired) electrons. The summed E-state index contributed by atoms with van der Waals surface area (Å²) in [5, 5.41) is 7.09. The van der Waals surface area contributed by atoms with Crippen LogP contribution in [0.5, 0.6) is 0 Å². The van der Waals surface area contributed by atoms with Gasteiger partial charge in [0.05, 0.1) is 5.69 Å². The van der Waals surface area contributed by atoms with Crippen LogP contribution in [-0.2, 0) is 0 Å². The van der Waals surface area contributed by atoms with Gasteiger partial charge in [-0.1, -0.05) is 103 Å². The third-order valence-electron chi connectivity index (χ3n) is 10.3. The van der Waals surface area contributed by atoms with Crippen molar-refractivity contribution in [2.24, 2.45) is 0 Å². The summed E-state index contributed by atoms with van der Waals surface area (Å²) in [7, 11) is 0. The zero-order valence-corrected chi connectivity index (χ0v) is 28.7. The lowest BCUT2D eigenvalue weighted by molar-refractivity contribution is 0.668. The maximum Gasteiger partial charge on any atom is 0.136 e. The molecule has 0 saturated carbocycles. The molecule has 0 spiro atoms. The molecule has 0 saturated heterocycles. The number of fused-ring (bicyclic) bond motifs is 9. The average Bonchev–Trinajstić information content (AvgIpc) is 3.90. The Bertz CT molecular complexity index is 3130. The van der Waals surface area contributed by atoms with E-state index in [9.17, 15) is 0 Å². The molecule has 3 aromatic heterocycles. The van der Waals surface area contributed by atoms with Crippen LogP contribution in [0.25, 0.3) is 86.3 Å². The van der Waals surface area contributed by atoms with Crippen molar-refractivity contribution in [2.45, 2.75) is 0 Å². The van der Waals surface area contributed by atoms with E-state index in [0.29, 0.717) is 0 Å². The van der Waals surface area contributed by atoms with Gasteiger partial charge < -0.3 is 13.7 Å². The second kappa shape index (κ2) is 11.5. The Hall–Kier alpha value is -6.62. The number of hydrogen-bond donors (Lipinski definition) is 0. The fourth-order valence-electron chi connectivity index (χ4n) is 7.88. The van der Waals surface area contributed by atoms with E-state index in [1.165, 1.54) is 25.7 Å². The molecule has 0 aliphatic carbocycles. The molecule has 11 aromatic rings. The van der Waals surface area contributed by atoms with Crippen LogP contribution in [0.1, 0.15) is 0 Å². The fourth-order valence-corrected chi connectivity index (χ4v) is 9.01. The summed E-state index contributed by atoms with van der Waals surface area (Å²) in [6.07, 6.45) is 0. The molecule has 0 aliphatic rings. The van der Waals surface area contributed by atoms with Crippen LogP contribution in [0.3, 0.4) is 0 Å². The fraction of sp³-hybridized carbons (Fsp3) is 0. The van der Waals surface area contributed by atoms with Crippen LogP contribution in [0, 0.1) is 0 Å². The van der Waals surface area contributed by atoms with Gasteiger partial charge in [-0.05, 0) is 95.1 Å². The molecule has 0 unspecified atom stereocenters. The highest BCUT2D eigenvalue weighted by Gasteiger charge is 2.20. The molecular formula is C48H29NO2S. The van der Waals surface area contributed by atoms with Gasteiger partial charge >= 0.3 is 0 Å². The van der Waals surface area contributed by atoms with Gasteiger partial charge in [-0.15, -0.1) is 11.3 Å². The van der Waals surface area contributed by atoms with Crippen LogP contribution >= 0.6 is 11.3 Å².